The van der Waals surface area contributed by atoms with E-state index in [4.69, 9.17) is 19.9 Å². The second kappa shape index (κ2) is 10.1. The first-order chi connectivity index (χ1) is 13.7. The third-order valence-corrected chi connectivity index (χ3v) is 4.70. The first-order valence-electron chi connectivity index (χ1n) is 9.63. The van der Waals surface area contributed by atoms with Crippen molar-refractivity contribution < 1.29 is 19.0 Å². The summed E-state index contributed by atoms with van der Waals surface area (Å²) in [5.41, 5.74) is 6.96. The molecule has 1 aliphatic heterocycles. The fourth-order valence-electron chi connectivity index (χ4n) is 3.09. The molecule has 7 heteroatoms. The van der Waals surface area contributed by atoms with Gasteiger partial charge in [0.25, 0.3) is 0 Å². The van der Waals surface area contributed by atoms with Crippen LogP contribution in [0.4, 0.5) is 0 Å². The van der Waals surface area contributed by atoms with Gasteiger partial charge in [-0.05, 0) is 43.4 Å². The van der Waals surface area contributed by atoms with E-state index in [1.165, 1.54) is 0 Å². The van der Waals surface area contributed by atoms with Crippen LogP contribution in [0, 0.1) is 5.92 Å². The number of hydrogen-bond acceptors (Lipinski definition) is 6. The lowest BCUT2D eigenvalue weighted by molar-refractivity contribution is -0.124. The summed E-state index contributed by atoms with van der Waals surface area (Å²) >= 11 is 0. The molecule has 0 spiro atoms. The zero-order valence-corrected chi connectivity index (χ0v) is 16.1. The number of para-hydroxylation sites is 2. The van der Waals surface area contributed by atoms with E-state index in [0.717, 1.165) is 18.4 Å². The largest absolute Gasteiger partial charge is 0.490 e. The molecule has 1 saturated heterocycles. The molecule has 0 radical (unpaired) electrons. The van der Waals surface area contributed by atoms with Crippen LogP contribution in [0.3, 0.4) is 0 Å². The van der Waals surface area contributed by atoms with Gasteiger partial charge in [-0.3, -0.25) is 4.79 Å². The first-order valence-corrected chi connectivity index (χ1v) is 9.63. The number of nitrogens with one attached hydrogen (secondary N) is 1. The highest BCUT2D eigenvalue weighted by Gasteiger charge is 2.26. The molecule has 1 unspecified atom stereocenters. The number of benzene rings is 1. The lowest BCUT2D eigenvalue weighted by Gasteiger charge is -2.26. The normalized spacial score (nSPS) is 15.6. The maximum atomic E-state index is 12.3. The maximum absolute atomic E-state index is 12.3. The topological polar surface area (TPSA) is 95.7 Å². The standard InChI is InChI=1S/C21H27N3O4/c1-2-27-17-5-3-4-6-18(17)28-19-8-7-15(13-23-19)14-24-21(25)20(22)16-9-11-26-12-10-16/h3-8,13,16,20H,2,9-12,14,22H2,1H3,(H,24,25). The van der Waals surface area contributed by atoms with Crippen molar-refractivity contribution in [2.45, 2.75) is 32.4 Å². The average molecular weight is 385 g/mol. The molecule has 1 aromatic heterocycles. The minimum absolute atomic E-state index is 0.141. The molecule has 0 bridgehead atoms. The quantitative estimate of drug-likeness (QED) is 0.725. The Morgan fingerprint density at radius 3 is 2.68 bits per heavy atom. The number of rotatable bonds is 8. The molecule has 150 valence electrons. The Bertz CT molecular complexity index is 761. The number of carbonyl (C=O) groups is 1. The van der Waals surface area contributed by atoms with Crippen LogP contribution < -0.4 is 20.5 Å². The molecule has 1 atom stereocenters. The summed E-state index contributed by atoms with van der Waals surface area (Å²) in [6.07, 6.45) is 3.33. The summed E-state index contributed by atoms with van der Waals surface area (Å²) < 4.78 is 16.7. The molecule has 1 aromatic carbocycles. The number of carbonyl (C=O) groups excluding carboxylic acids is 1. The maximum Gasteiger partial charge on any atom is 0.237 e. The van der Waals surface area contributed by atoms with E-state index < -0.39 is 6.04 Å². The predicted molar refractivity (Wildman–Crippen MR) is 105 cm³/mol. The highest BCUT2D eigenvalue weighted by molar-refractivity contribution is 5.81. The van der Waals surface area contributed by atoms with Crippen LogP contribution in [-0.4, -0.2) is 36.8 Å². The van der Waals surface area contributed by atoms with Gasteiger partial charge in [-0.25, -0.2) is 4.98 Å². The van der Waals surface area contributed by atoms with Crippen LogP contribution in [0.5, 0.6) is 17.4 Å². The molecular formula is C21H27N3O4. The van der Waals surface area contributed by atoms with Crippen molar-refractivity contribution >= 4 is 5.91 Å². The monoisotopic (exact) mass is 385 g/mol. The molecule has 1 fully saturated rings. The zero-order chi connectivity index (χ0) is 19.8. The van der Waals surface area contributed by atoms with Crippen molar-refractivity contribution in [2.75, 3.05) is 19.8 Å². The van der Waals surface area contributed by atoms with Gasteiger partial charge in [-0.2, -0.15) is 0 Å². The molecule has 28 heavy (non-hydrogen) atoms. The summed E-state index contributed by atoms with van der Waals surface area (Å²) in [6.45, 7) is 4.19. The van der Waals surface area contributed by atoms with E-state index in [-0.39, 0.29) is 11.8 Å². The molecule has 1 aliphatic rings. The predicted octanol–water partition coefficient (Wildman–Crippen LogP) is 2.64. The van der Waals surface area contributed by atoms with Crippen molar-refractivity contribution in [3.8, 4) is 17.4 Å². The minimum Gasteiger partial charge on any atom is -0.490 e. The van der Waals surface area contributed by atoms with Gasteiger partial charge in [-0.1, -0.05) is 18.2 Å². The highest BCUT2D eigenvalue weighted by Crippen LogP contribution is 2.30. The van der Waals surface area contributed by atoms with Crippen molar-refractivity contribution in [1.29, 1.82) is 0 Å². The number of amides is 1. The summed E-state index contributed by atoms with van der Waals surface area (Å²) in [7, 11) is 0. The summed E-state index contributed by atoms with van der Waals surface area (Å²) in [5, 5.41) is 2.89. The SMILES string of the molecule is CCOc1ccccc1Oc1ccc(CNC(=O)C(N)C2CCOCC2)cn1. The number of nitrogens with zero attached hydrogens (tertiary/aromatic N) is 1. The second-order valence-electron chi connectivity index (χ2n) is 6.68. The average Bonchev–Trinajstić information content (AvgIpc) is 2.74. The Morgan fingerprint density at radius 1 is 1.25 bits per heavy atom. The molecule has 7 nitrogen and oxygen atoms in total. The second-order valence-corrected chi connectivity index (χ2v) is 6.68. The van der Waals surface area contributed by atoms with Crippen LogP contribution in [0.25, 0.3) is 0 Å². The van der Waals surface area contributed by atoms with Crippen LogP contribution >= 0.6 is 0 Å². The molecule has 0 aliphatic carbocycles. The van der Waals surface area contributed by atoms with Gasteiger partial charge in [0.2, 0.25) is 11.8 Å². The fraction of sp³-hybridized carbons (Fsp3) is 0.429. The lowest BCUT2D eigenvalue weighted by atomic mass is 9.92. The molecule has 1 amide bonds. The van der Waals surface area contributed by atoms with E-state index in [2.05, 4.69) is 10.3 Å². The van der Waals surface area contributed by atoms with Gasteiger partial charge < -0.3 is 25.3 Å². The van der Waals surface area contributed by atoms with E-state index >= 15 is 0 Å². The summed E-state index contributed by atoms with van der Waals surface area (Å²) in [6, 6.07) is 10.6. The Labute approximate surface area is 165 Å². The number of hydrogen-bond donors (Lipinski definition) is 2. The first kappa shape index (κ1) is 20.1. The molecule has 0 saturated carbocycles. The smallest absolute Gasteiger partial charge is 0.237 e. The van der Waals surface area contributed by atoms with Gasteiger partial charge >= 0.3 is 0 Å². The fourth-order valence-corrected chi connectivity index (χ4v) is 3.09. The molecule has 2 aromatic rings. The van der Waals surface area contributed by atoms with Crippen LogP contribution in [-0.2, 0) is 16.1 Å². The van der Waals surface area contributed by atoms with Gasteiger partial charge in [0.05, 0.1) is 12.6 Å². The van der Waals surface area contributed by atoms with Crippen molar-refractivity contribution in [3.05, 3.63) is 48.2 Å². The number of ether oxygens (including phenoxy) is 3. The molecule has 3 rings (SSSR count). The minimum atomic E-state index is -0.505. The van der Waals surface area contributed by atoms with Crippen LogP contribution in [0.1, 0.15) is 25.3 Å². The van der Waals surface area contributed by atoms with E-state index in [1.54, 1.807) is 12.3 Å². The van der Waals surface area contributed by atoms with E-state index in [1.807, 2.05) is 37.3 Å². The number of aromatic nitrogens is 1. The van der Waals surface area contributed by atoms with Gasteiger partial charge in [0, 0.05) is 32.0 Å². The molecule has 2 heterocycles. The summed E-state index contributed by atoms with van der Waals surface area (Å²) in [5.74, 6) is 1.78. The third kappa shape index (κ3) is 5.43. The summed E-state index contributed by atoms with van der Waals surface area (Å²) in [4.78, 5) is 16.6. The lowest BCUT2D eigenvalue weighted by Crippen LogP contribution is -2.46. The third-order valence-electron chi connectivity index (χ3n) is 4.70. The van der Waals surface area contributed by atoms with Crippen molar-refractivity contribution in [2.24, 2.45) is 11.7 Å². The number of nitrogens with two attached hydrogens (primary N) is 1. The van der Waals surface area contributed by atoms with Crippen molar-refractivity contribution in [3.63, 3.8) is 0 Å². The Kier molecular flexibility index (Phi) is 7.22. The molecular weight excluding hydrogens is 358 g/mol. The highest BCUT2D eigenvalue weighted by atomic mass is 16.5. The Morgan fingerprint density at radius 2 is 2.00 bits per heavy atom. The van der Waals surface area contributed by atoms with Crippen LogP contribution in [0.15, 0.2) is 42.6 Å². The van der Waals surface area contributed by atoms with Crippen molar-refractivity contribution in [1.82, 2.24) is 10.3 Å². The van der Waals surface area contributed by atoms with E-state index in [9.17, 15) is 4.79 Å². The number of pyridine rings is 1. The van der Waals surface area contributed by atoms with E-state index in [0.29, 0.717) is 43.7 Å². The van der Waals surface area contributed by atoms with Gasteiger partial charge in [0.15, 0.2) is 11.5 Å². The van der Waals surface area contributed by atoms with Gasteiger partial charge in [-0.15, -0.1) is 0 Å². The zero-order valence-electron chi connectivity index (χ0n) is 16.1. The van der Waals surface area contributed by atoms with Gasteiger partial charge in [0.1, 0.15) is 0 Å². The van der Waals surface area contributed by atoms with Crippen LogP contribution in [0.2, 0.25) is 0 Å². The Balaban J connectivity index is 1.52. The Hall–Kier alpha value is -2.64. The molecule has 3 N–H and O–H groups in total.